The highest BCUT2D eigenvalue weighted by Gasteiger charge is 2.41. The van der Waals surface area contributed by atoms with Gasteiger partial charge in [-0.2, -0.15) is 0 Å². The Hall–Kier alpha value is -2.29. The van der Waals surface area contributed by atoms with Crippen molar-refractivity contribution in [2.24, 2.45) is 5.92 Å². The average molecular weight is 379 g/mol. The van der Waals surface area contributed by atoms with Crippen LogP contribution < -0.4 is 0 Å². The zero-order valence-electron chi connectivity index (χ0n) is 14.0. The molecule has 4 rings (SSSR count). The van der Waals surface area contributed by atoms with Gasteiger partial charge in [0, 0.05) is 12.5 Å². The number of hydrogen-bond acceptors (Lipinski definition) is 6. The summed E-state index contributed by atoms with van der Waals surface area (Å²) in [4.78, 5) is 14.1. The number of nitrogens with zero attached hydrogens (tertiary/aromatic N) is 3. The van der Waals surface area contributed by atoms with Gasteiger partial charge in [0.1, 0.15) is 11.9 Å². The highest BCUT2D eigenvalue weighted by Crippen LogP contribution is 2.38. The molecular weight excluding hydrogens is 361 g/mol. The number of carbonyl (C=O) groups is 1. The Morgan fingerprint density at radius 3 is 2.62 bits per heavy atom. The van der Waals surface area contributed by atoms with Gasteiger partial charge in [0.05, 0.1) is 5.75 Å². The fraction of sp³-hybridized carbons (Fsp3) is 0.471. The molecule has 1 atom stereocenters. The van der Waals surface area contributed by atoms with Crippen LogP contribution in [0.5, 0.6) is 0 Å². The van der Waals surface area contributed by atoms with Crippen molar-refractivity contribution in [1.82, 2.24) is 15.1 Å². The van der Waals surface area contributed by atoms with Crippen molar-refractivity contribution in [3.8, 4) is 0 Å². The van der Waals surface area contributed by atoms with Crippen LogP contribution in [-0.4, -0.2) is 36.0 Å². The van der Waals surface area contributed by atoms with Crippen molar-refractivity contribution >= 4 is 15.7 Å². The SMILES string of the molecule is O=C(C1CC1)N1CCC[C@H]1c1nnc(S(=O)(=O)Cc2ccc(F)cc2)o1. The van der Waals surface area contributed by atoms with E-state index in [1.54, 1.807) is 4.90 Å². The maximum Gasteiger partial charge on any atom is 0.335 e. The third-order valence-electron chi connectivity index (χ3n) is 4.71. The Kier molecular flexibility index (Phi) is 4.26. The minimum atomic E-state index is -3.84. The van der Waals surface area contributed by atoms with E-state index in [9.17, 15) is 17.6 Å². The number of sulfone groups is 1. The summed E-state index contributed by atoms with van der Waals surface area (Å²) in [7, 11) is -3.84. The molecule has 1 aliphatic heterocycles. The Labute approximate surface area is 150 Å². The molecule has 2 aromatic rings. The molecule has 1 amide bonds. The van der Waals surface area contributed by atoms with Crippen LogP contribution in [0.25, 0.3) is 0 Å². The van der Waals surface area contributed by atoms with Crippen LogP contribution in [0.3, 0.4) is 0 Å². The monoisotopic (exact) mass is 379 g/mol. The number of hydrogen-bond donors (Lipinski definition) is 0. The molecular formula is C17H18FN3O4S. The van der Waals surface area contributed by atoms with Crippen LogP contribution in [-0.2, 0) is 20.4 Å². The molecule has 2 aliphatic rings. The van der Waals surface area contributed by atoms with Gasteiger partial charge in [-0.1, -0.05) is 17.2 Å². The lowest BCUT2D eigenvalue weighted by molar-refractivity contribution is -0.133. The maximum atomic E-state index is 13.0. The molecule has 7 nitrogen and oxygen atoms in total. The van der Waals surface area contributed by atoms with Crippen LogP contribution in [0, 0.1) is 11.7 Å². The van der Waals surface area contributed by atoms with Crippen LogP contribution in [0.15, 0.2) is 33.9 Å². The van der Waals surface area contributed by atoms with Crippen molar-refractivity contribution in [3.05, 3.63) is 41.5 Å². The molecule has 1 saturated carbocycles. The van der Waals surface area contributed by atoms with Crippen LogP contribution >= 0.6 is 0 Å². The van der Waals surface area contributed by atoms with E-state index >= 15 is 0 Å². The summed E-state index contributed by atoms with van der Waals surface area (Å²) in [6.07, 6.45) is 3.31. The van der Waals surface area contributed by atoms with Gasteiger partial charge in [-0.15, -0.1) is 5.10 Å². The van der Waals surface area contributed by atoms with Crippen LogP contribution in [0.4, 0.5) is 4.39 Å². The van der Waals surface area contributed by atoms with Gasteiger partial charge in [-0.05, 0) is 43.4 Å². The fourth-order valence-electron chi connectivity index (χ4n) is 3.19. The smallest absolute Gasteiger partial charge is 0.335 e. The maximum absolute atomic E-state index is 13.0. The lowest BCUT2D eigenvalue weighted by atomic mass is 10.2. The van der Waals surface area contributed by atoms with E-state index in [1.807, 2.05) is 0 Å². The van der Waals surface area contributed by atoms with Gasteiger partial charge in [0.15, 0.2) is 0 Å². The number of halogens is 1. The molecule has 0 unspecified atom stereocenters. The van der Waals surface area contributed by atoms with Crippen molar-refractivity contribution in [1.29, 1.82) is 0 Å². The minimum Gasteiger partial charge on any atom is -0.410 e. The summed E-state index contributed by atoms with van der Waals surface area (Å²) in [6.45, 7) is 0.625. The number of aromatic nitrogens is 2. The van der Waals surface area contributed by atoms with Crippen LogP contribution in [0.2, 0.25) is 0 Å². The third-order valence-corrected chi connectivity index (χ3v) is 6.12. The first-order valence-corrected chi connectivity index (χ1v) is 10.2. The first-order chi connectivity index (χ1) is 12.4. The number of likely N-dealkylation sites (tertiary alicyclic amines) is 1. The fourth-order valence-corrected chi connectivity index (χ4v) is 4.33. The van der Waals surface area contributed by atoms with E-state index in [2.05, 4.69) is 10.2 Å². The van der Waals surface area contributed by atoms with Crippen molar-refractivity contribution in [2.75, 3.05) is 6.54 Å². The molecule has 2 heterocycles. The summed E-state index contributed by atoms with van der Waals surface area (Å²) < 4.78 is 43.3. The van der Waals surface area contributed by atoms with Gasteiger partial charge >= 0.3 is 5.22 Å². The summed E-state index contributed by atoms with van der Waals surface area (Å²) in [5.41, 5.74) is 0.428. The molecule has 0 N–H and O–H groups in total. The van der Waals surface area contributed by atoms with Crippen molar-refractivity contribution < 1.29 is 22.0 Å². The van der Waals surface area contributed by atoms with Gasteiger partial charge in [-0.3, -0.25) is 4.79 Å². The second-order valence-corrected chi connectivity index (χ2v) is 8.62. The molecule has 1 aromatic heterocycles. The first-order valence-electron chi connectivity index (χ1n) is 8.55. The predicted molar refractivity (Wildman–Crippen MR) is 88.0 cm³/mol. The molecule has 1 aromatic carbocycles. The Morgan fingerprint density at radius 1 is 1.19 bits per heavy atom. The van der Waals surface area contributed by atoms with E-state index in [1.165, 1.54) is 24.3 Å². The quantitative estimate of drug-likeness (QED) is 0.791. The third kappa shape index (κ3) is 3.35. The average Bonchev–Trinajstić information content (AvgIpc) is 3.13. The molecule has 1 aliphatic carbocycles. The van der Waals surface area contributed by atoms with Crippen molar-refractivity contribution in [3.63, 3.8) is 0 Å². The highest BCUT2D eigenvalue weighted by molar-refractivity contribution is 7.90. The highest BCUT2D eigenvalue weighted by atomic mass is 32.2. The number of carbonyl (C=O) groups excluding carboxylic acids is 1. The largest absolute Gasteiger partial charge is 0.410 e. The Balaban J connectivity index is 1.53. The normalized spacial score (nSPS) is 20.5. The van der Waals surface area contributed by atoms with E-state index < -0.39 is 20.9 Å². The van der Waals surface area contributed by atoms with E-state index in [4.69, 9.17) is 4.42 Å². The lowest BCUT2D eigenvalue weighted by Gasteiger charge is -2.21. The summed E-state index contributed by atoms with van der Waals surface area (Å²) in [5.74, 6) is -0.465. The molecule has 0 bridgehead atoms. The second-order valence-electron chi connectivity index (χ2n) is 6.76. The molecule has 0 radical (unpaired) electrons. The predicted octanol–water partition coefficient (Wildman–Crippen LogP) is 2.26. The molecule has 138 valence electrons. The summed E-state index contributed by atoms with van der Waals surface area (Å²) >= 11 is 0. The number of amides is 1. The van der Waals surface area contributed by atoms with E-state index in [-0.39, 0.29) is 29.5 Å². The Morgan fingerprint density at radius 2 is 1.92 bits per heavy atom. The summed E-state index contributed by atoms with van der Waals surface area (Å²) in [5, 5.41) is 7.10. The van der Waals surface area contributed by atoms with Gasteiger partial charge < -0.3 is 9.32 Å². The first kappa shape index (κ1) is 17.1. The van der Waals surface area contributed by atoms with Crippen molar-refractivity contribution in [2.45, 2.75) is 42.7 Å². The molecule has 26 heavy (non-hydrogen) atoms. The van der Waals surface area contributed by atoms with E-state index in [0.717, 1.165) is 19.3 Å². The number of rotatable bonds is 5. The molecule has 1 saturated heterocycles. The summed E-state index contributed by atoms with van der Waals surface area (Å²) in [6, 6.07) is 4.84. The van der Waals surface area contributed by atoms with Gasteiger partial charge in [-0.25, -0.2) is 12.8 Å². The molecule has 9 heteroatoms. The standard InChI is InChI=1S/C17H18FN3O4S/c18-13-7-3-11(4-8-13)10-26(23,24)17-20-19-15(25-17)14-2-1-9-21(14)16(22)12-5-6-12/h3-4,7-8,12,14H,1-2,5-6,9-10H2/t14-/m0/s1. The minimum absolute atomic E-state index is 0.0835. The zero-order valence-corrected chi connectivity index (χ0v) is 14.8. The van der Waals surface area contributed by atoms with Gasteiger partial charge in [0.2, 0.25) is 21.6 Å². The second kappa shape index (κ2) is 6.46. The molecule has 2 fully saturated rings. The topological polar surface area (TPSA) is 93.4 Å². The lowest BCUT2D eigenvalue weighted by Crippen LogP contribution is -2.31. The Bertz CT molecular complexity index is 922. The van der Waals surface area contributed by atoms with E-state index in [0.29, 0.717) is 18.5 Å². The van der Waals surface area contributed by atoms with Crippen LogP contribution in [0.1, 0.15) is 43.2 Å². The zero-order chi connectivity index (χ0) is 18.3. The number of benzene rings is 1. The molecule has 0 spiro atoms. The van der Waals surface area contributed by atoms with Gasteiger partial charge in [0.25, 0.3) is 0 Å².